The van der Waals surface area contributed by atoms with E-state index in [1.165, 1.54) is 19.3 Å². The molecule has 0 aliphatic carbocycles. The summed E-state index contributed by atoms with van der Waals surface area (Å²) in [6.45, 7) is 3.76. The molecule has 0 saturated carbocycles. The van der Waals surface area contributed by atoms with Gasteiger partial charge in [-0.2, -0.15) is 0 Å². The summed E-state index contributed by atoms with van der Waals surface area (Å²) in [4.78, 5) is 21.3. The number of hydrogen-bond acceptors (Lipinski definition) is 4. The van der Waals surface area contributed by atoms with E-state index >= 15 is 0 Å². The van der Waals surface area contributed by atoms with Crippen molar-refractivity contribution >= 4 is 11.8 Å². The fourth-order valence-electron chi connectivity index (χ4n) is 2.39. The minimum absolute atomic E-state index is 0.00787. The molecule has 1 aromatic carbocycles. The van der Waals surface area contributed by atoms with Gasteiger partial charge in [0.25, 0.3) is 0 Å². The standard InChI is InChI=1S/C10H12O2.C9H16O2/c1-8(11)2-3-9-4-6-10(12)7-5-9;1-2-3-4-5-8-6-7-9(10)11-8/h4-7,12H,2-3H2,1H3;8H,2-7H2,1H3/t;8-/m.0/s1. The summed E-state index contributed by atoms with van der Waals surface area (Å²) in [6, 6.07) is 6.93. The summed E-state index contributed by atoms with van der Waals surface area (Å²) in [7, 11) is 0. The fraction of sp³-hybridized carbons (Fsp3) is 0.579. The second-order valence-corrected chi connectivity index (χ2v) is 6.01. The number of ketones is 1. The number of rotatable bonds is 7. The first kappa shape index (κ1) is 19.2. The Morgan fingerprint density at radius 2 is 1.96 bits per heavy atom. The van der Waals surface area contributed by atoms with Crippen molar-refractivity contribution < 1.29 is 19.4 Å². The first-order valence-electron chi connectivity index (χ1n) is 8.48. The van der Waals surface area contributed by atoms with Crippen LogP contribution < -0.4 is 0 Å². The van der Waals surface area contributed by atoms with Crippen LogP contribution in [0.4, 0.5) is 0 Å². The van der Waals surface area contributed by atoms with E-state index in [-0.39, 0.29) is 23.6 Å². The van der Waals surface area contributed by atoms with E-state index in [1.807, 2.05) is 12.1 Å². The van der Waals surface area contributed by atoms with Gasteiger partial charge >= 0.3 is 5.97 Å². The molecule has 128 valence electrons. The Morgan fingerprint density at radius 3 is 2.48 bits per heavy atom. The number of ether oxygens (including phenoxy) is 1. The molecule has 4 nitrogen and oxygen atoms in total. The molecule has 23 heavy (non-hydrogen) atoms. The average Bonchev–Trinajstić information content (AvgIpc) is 2.93. The third-order valence-electron chi connectivity index (χ3n) is 3.80. The first-order chi connectivity index (χ1) is 11.0. The zero-order valence-electron chi connectivity index (χ0n) is 14.2. The molecule has 1 fully saturated rings. The Morgan fingerprint density at radius 1 is 1.26 bits per heavy atom. The number of hydrogen-bond donors (Lipinski definition) is 1. The number of aromatic hydroxyl groups is 1. The highest BCUT2D eigenvalue weighted by molar-refractivity contribution is 5.75. The average molecular weight is 320 g/mol. The van der Waals surface area contributed by atoms with Crippen LogP contribution in [0.3, 0.4) is 0 Å². The van der Waals surface area contributed by atoms with Crippen LogP contribution in [0.1, 0.15) is 64.4 Å². The van der Waals surface area contributed by atoms with Gasteiger partial charge in [0.05, 0.1) is 0 Å². The summed E-state index contributed by atoms with van der Waals surface area (Å²) in [5.74, 6) is 0.455. The van der Waals surface area contributed by atoms with Gasteiger partial charge in [0.15, 0.2) is 0 Å². The molecule has 0 spiro atoms. The molecule has 1 saturated heterocycles. The van der Waals surface area contributed by atoms with Crippen molar-refractivity contribution in [1.82, 2.24) is 0 Å². The van der Waals surface area contributed by atoms with Gasteiger partial charge in [-0.05, 0) is 50.3 Å². The Hall–Kier alpha value is -1.84. The van der Waals surface area contributed by atoms with Gasteiger partial charge in [0, 0.05) is 12.8 Å². The van der Waals surface area contributed by atoms with Crippen molar-refractivity contribution in [2.24, 2.45) is 0 Å². The van der Waals surface area contributed by atoms with Gasteiger partial charge in [-0.3, -0.25) is 4.79 Å². The van der Waals surface area contributed by atoms with Crippen molar-refractivity contribution in [3.8, 4) is 5.75 Å². The second-order valence-electron chi connectivity index (χ2n) is 6.01. The topological polar surface area (TPSA) is 63.6 Å². The van der Waals surface area contributed by atoms with Gasteiger partial charge in [-0.15, -0.1) is 0 Å². The minimum atomic E-state index is -0.00787. The molecular formula is C19H28O4. The van der Waals surface area contributed by atoms with E-state index in [2.05, 4.69) is 6.92 Å². The lowest BCUT2D eigenvalue weighted by Gasteiger charge is -2.06. The van der Waals surface area contributed by atoms with E-state index < -0.39 is 0 Å². The van der Waals surface area contributed by atoms with Gasteiger partial charge in [-0.25, -0.2) is 0 Å². The molecule has 1 heterocycles. The molecule has 0 radical (unpaired) electrons. The van der Waals surface area contributed by atoms with Crippen molar-refractivity contribution in [2.75, 3.05) is 0 Å². The second kappa shape index (κ2) is 10.8. The van der Waals surface area contributed by atoms with Crippen molar-refractivity contribution in [2.45, 2.75) is 71.3 Å². The Bertz CT molecular complexity index is 479. The van der Waals surface area contributed by atoms with Crippen LogP contribution in [-0.4, -0.2) is 23.0 Å². The van der Waals surface area contributed by atoms with Crippen LogP contribution in [0.2, 0.25) is 0 Å². The monoisotopic (exact) mass is 320 g/mol. The fourth-order valence-corrected chi connectivity index (χ4v) is 2.39. The zero-order chi connectivity index (χ0) is 17.1. The summed E-state index contributed by atoms with van der Waals surface area (Å²) in [6.07, 6.45) is 7.93. The summed E-state index contributed by atoms with van der Waals surface area (Å²) >= 11 is 0. The largest absolute Gasteiger partial charge is 0.508 e. The van der Waals surface area contributed by atoms with Crippen molar-refractivity contribution in [1.29, 1.82) is 0 Å². The molecule has 0 bridgehead atoms. The van der Waals surface area contributed by atoms with E-state index in [4.69, 9.17) is 9.84 Å². The highest BCUT2D eigenvalue weighted by Crippen LogP contribution is 2.19. The SMILES string of the molecule is CC(=O)CCc1ccc(O)cc1.CCCCC[C@H]1CCC(=O)O1. The molecule has 1 N–H and O–H groups in total. The predicted molar refractivity (Wildman–Crippen MR) is 90.4 cm³/mol. The predicted octanol–water partition coefficient (Wildman–Crippen LogP) is 4.19. The van der Waals surface area contributed by atoms with Crippen molar-refractivity contribution in [3.05, 3.63) is 29.8 Å². The van der Waals surface area contributed by atoms with E-state index in [0.29, 0.717) is 12.8 Å². The number of phenols is 1. The number of unbranched alkanes of at least 4 members (excludes halogenated alkanes) is 2. The van der Waals surface area contributed by atoms with Crippen LogP contribution in [0, 0.1) is 0 Å². The van der Waals surface area contributed by atoms with E-state index in [0.717, 1.165) is 24.8 Å². The number of cyclic esters (lactones) is 1. The summed E-state index contributed by atoms with van der Waals surface area (Å²) in [5, 5.41) is 8.97. The molecule has 1 aliphatic heterocycles. The maximum Gasteiger partial charge on any atom is 0.306 e. The molecule has 1 aromatic rings. The Kier molecular flexibility index (Phi) is 9.03. The zero-order valence-corrected chi connectivity index (χ0v) is 14.2. The molecule has 0 aromatic heterocycles. The van der Waals surface area contributed by atoms with Gasteiger partial charge in [0.1, 0.15) is 17.6 Å². The molecule has 4 heteroatoms. The lowest BCUT2D eigenvalue weighted by Crippen LogP contribution is -2.05. The number of esters is 1. The highest BCUT2D eigenvalue weighted by atomic mass is 16.5. The Balaban J connectivity index is 0.000000231. The van der Waals surface area contributed by atoms with Crippen LogP contribution in [0.25, 0.3) is 0 Å². The van der Waals surface area contributed by atoms with Crippen molar-refractivity contribution in [3.63, 3.8) is 0 Å². The molecule has 1 atom stereocenters. The molecule has 0 amide bonds. The number of Topliss-reactive ketones (excluding diaryl/α,β-unsaturated/α-hetero) is 1. The van der Waals surface area contributed by atoms with Gasteiger partial charge in [0.2, 0.25) is 0 Å². The normalized spacial score (nSPS) is 16.4. The van der Waals surface area contributed by atoms with Crippen LogP contribution >= 0.6 is 0 Å². The summed E-state index contributed by atoms with van der Waals surface area (Å²) in [5.41, 5.74) is 1.09. The smallest absolute Gasteiger partial charge is 0.306 e. The maximum absolute atomic E-state index is 10.7. The van der Waals surface area contributed by atoms with Gasteiger partial charge in [-0.1, -0.05) is 31.9 Å². The quantitative estimate of drug-likeness (QED) is 0.604. The maximum atomic E-state index is 10.7. The lowest BCUT2D eigenvalue weighted by molar-refractivity contribution is -0.141. The minimum Gasteiger partial charge on any atom is -0.508 e. The van der Waals surface area contributed by atoms with E-state index in [1.54, 1.807) is 19.1 Å². The summed E-state index contributed by atoms with van der Waals surface area (Å²) < 4.78 is 5.07. The number of phenolic OH excluding ortho intramolecular Hbond substituents is 1. The number of benzene rings is 1. The van der Waals surface area contributed by atoms with E-state index in [9.17, 15) is 9.59 Å². The number of carbonyl (C=O) groups excluding carboxylic acids is 2. The molecule has 2 rings (SSSR count). The molecule has 0 unspecified atom stereocenters. The highest BCUT2D eigenvalue weighted by Gasteiger charge is 2.22. The van der Waals surface area contributed by atoms with Crippen LogP contribution in [-0.2, 0) is 20.7 Å². The first-order valence-corrected chi connectivity index (χ1v) is 8.48. The van der Waals surface area contributed by atoms with Gasteiger partial charge < -0.3 is 14.6 Å². The Labute approximate surface area is 138 Å². The third kappa shape index (κ3) is 9.01. The number of aryl methyl sites for hydroxylation is 1. The lowest BCUT2D eigenvalue weighted by atomic mass is 10.1. The molecule has 1 aliphatic rings. The van der Waals surface area contributed by atoms with Crippen LogP contribution in [0.5, 0.6) is 5.75 Å². The number of carbonyl (C=O) groups is 2. The molecular weight excluding hydrogens is 292 g/mol. The van der Waals surface area contributed by atoms with Crippen LogP contribution in [0.15, 0.2) is 24.3 Å². The third-order valence-corrected chi connectivity index (χ3v) is 3.80.